The molecule has 0 radical (unpaired) electrons. The van der Waals surface area contributed by atoms with Crippen LogP contribution in [0.4, 0.5) is 10.1 Å². The number of aliphatic hydroxyl groups is 1. The lowest BCUT2D eigenvalue weighted by Crippen LogP contribution is -2.12. The predicted octanol–water partition coefficient (Wildman–Crippen LogP) is 3.37. The summed E-state index contributed by atoms with van der Waals surface area (Å²) in [4.78, 5) is 0. The van der Waals surface area contributed by atoms with Gasteiger partial charge in [0.05, 0.1) is 12.7 Å². The zero-order valence-electron chi connectivity index (χ0n) is 11.3. The molecule has 0 amide bonds. The van der Waals surface area contributed by atoms with E-state index in [0.717, 1.165) is 11.4 Å². The molecule has 3 nitrogen and oxygen atoms in total. The van der Waals surface area contributed by atoms with Crippen molar-refractivity contribution in [1.29, 1.82) is 0 Å². The van der Waals surface area contributed by atoms with Crippen LogP contribution < -0.4 is 10.1 Å². The van der Waals surface area contributed by atoms with Gasteiger partial charge in [0.2, 0.25) is 0 Å². The third kappa shape index (κ3) is 3.96. The molecule has 0 fully saturated rings. The number of rotatable bonds is 6. The van der Waals surface area contributed by atoms with E-state index in [-0.39, 0.29) is 5.82 Å². The fourth-order valence-electron chi connectivity index (χ4n) is 1.85. The van der Waals surface area contributed by atoms with Crippen molar-refractivity contribution in [2.75, 3.05) is 18.5 Å². The van der Waals surface area contributed by atoms with Gasteiger partial charge in [0.1, 0.15) is 11.6 Å². The van der Waals surface area contributed by atoms with Gasteiger partial charge in [-0.05, 0) is 48.9 Å². The van der Waals surface area contributed by atoms with Gasteiger partial charge in [-0.15, -0.1) is 0 Å². The Morgan fingerprint density at radius 2 is 1.75 bits per heavy atom. The monoisotopic (exact) mass is 275 g/mol. The fraction of sp³-hybridized carbons (Fsp3) is 0.250. The van der Waals surface area contributed by atoms with E-state index in [1.54, 1.807) is 12.1 Å². The second-order valence-electron chi connectivity index (χ2n) is 4.41. The number of nitrogens with one attached hydrogen (secondary N) is 1. The highest BCUT2D eigenvalue weighted by molar-refractivity contribution is 5.46. The minimum absolute atomic E-state index is 0.305. The van der Waals surface area contributed by atoms with E-state index in [1.165, 1.54) is 12.1 Å². The Balaban J connectivity index is 1.89. The molecule has 2 aromatic rings. The summed E-state index contributed by atoms with van der Waals surface area (Å²) in [5, 5.41) is 13.1. The molecule has 1 unspecified atom stereocenters. The first-order valence-electron chi connectivity index (χ1n) is 6.59. The third-order valence-electron chi connectivity index (χ3n) is 2.92. The lowest BCUT2D eigenvalue weighted by molar-refractivity contribution is 0.191. The second-order valence-corrected chi connectivity index (χ2v) is 4.41. The van der Waals surface area contributed by atoms with Crippen molar-refractivity contribution >= 4 is 5.69 Å². The molecule has 0 aliphatic carbocycles. The minimum Gasteiger partial charge on any atom is -0.494 e. The molecular formula is C16H18FNO2. The SMILES string of the molecule is CCOc1ccc(NCC(O)c2ccc(F)cc2)cc1. The molecule has 1 atom stereocenters. The van der Waals surface area contributed by atoms with Crippen molar-refractivity contribution in [2.45, 2.75) is 13.0 Å². The van der Waals surface area contributed by atoms with Gasteiger partial charge >= 0.3 is 0 Å². The molecule has 0 bridgehead atoms. The smallest absolute Gasteiger partial charge is 0.123 e. The fourth-order valence-corrected chi connectivity index (χ4v) is 1.85. The van der Waals surface area contributed by atoms with Gasteiger partial charge in [-0.1, -0.05) is 12.1 Å². The Kier molecular flexibility index (Phi) is 4.96. The lowest BCUT2D eigenvalue weighted by Gasteiger charge is -2.13. The van der Waals surface area contributed by atoms with Crippen molar-refractivity contribution in [2.24, 2.45) is 0 Å². The van der Waals surface area contributed by atoms with E-state index in [9.17, 15) is 9.50 Å². The van der Waals surface area contributed by atoms with Crippen LogP contribution in [0.1, 0.15) is 18.6 Å². The standard InChI is InChI=1S/C16H18FNO2/c1-2-20-15-9-7-14(8-10-15)18-11-16(19)12-3-5-13(17)6-4-12/h3-10,16,18-19H,2,11H2,1H3. The Bertz CT molecular complexity index is 525. The Morgan fingerprint density at radius 3 is 2.35 bits per heavy atom. The molecule has 106 valence electrons. The molecule has 0 aliphatic rings. The maximum Gasteiger partial charge on any atom is 0.123 e. The first kappa shape index (κ1) is 14.3. The van der Waals surface area contributed by atoms with E-state index < -0.39 is 6.10 Å². The maximum absolute atomic E-state index is 12.8. The van der Waals surface area contributed by atoms with Crippen molar-refractivity contribution in [3.63, 3.8) is 0 Å². The predicted molar refractivity (Wildman–Crippen MR) is 77.5 cm³/mol. The average molecular weight is 275 g/mol. The molecule has 20 heavy (non-hydrogen) atoms. The molecular weight excluding hydrogens is 257 g/mol. The van der Waals surface area contributed by atoms with Crippen LogP contribution in [-0.2, 0) is 0 Å². The number of ether oxygens (including phenoxy) is 1. The number of halogens is 1. The summed E-state index contributed by atoms with van der Waals surface area (Å²) >= 11 is 0. The Hall–Kier alpha value is -2.07. The van der Waals surface area contributed by atoms with E-state index >= 15 is 0 Å². The van der Waals surface area contributed by atoms with Crippen molar-refractivity contribution < 1.29 is 14.2 Å². The summed E-state index contributed by atoms with van der Waals surface area (Å²) in [6, 6.07) is 13.4. The highest BCUT2D eigenvalue weighted by Crippen LogP contribution is 2.18. The van der Waals surface area contributed by atoms with Crippen molar-refractivity contribution in [1.82, 2.24) is 0 Å². The van der Waals surface area contributed by atoms with E-state index in [4.69, 9.17) is 4.74 Å². The van der Waals surface area contributed by atoms with E-state index in [0.29, 0.717) is 18.7 Å². The molecule has 0 spiro atoms. The minimum atomic E-state index is -0.679. The summed E-state index contributed by atoms with van der Waals surface area (Å²) in [5.74, 6) is 0.512. The van der Waals surface area contributed by atoms with E-state index in [2.05, 4.69) is 5.32 Å². The van der Waals surface area contributed by atoms with Crippen molar-refractivity contribution in [3.05, 3.63) is 59.9 Å². The van der Waals surface area contributed by atoms with Gasteiger partial charge in [-0.3, -0.25) is 0 Å². The zero-order chi connectivity index (χ0) is 14.4. The summed E-state index contributed by atoms with van der Waals surface area (Å²) in [7, 11) is 0. The number of hydrogen-bond donors (Lipinski definition) is 2. The van der Waals surface area contributed by atoms with Crippen LogP contribution in [0, 0.1) is 5.82 Å². The quantitative estimate of drug-likeness (QED) is 0.849. The molecule has 0 aromatic heterocycles. The molecule has 2 aromatic carbocycles. The molecule has 0 heterocycles. The zero-order valence-corrected chi connectivity index (χ0v) is 11.3. The van der Waals surface area contributed by atoms with Gasteiger partial charge in [0.25, 0.3) is 0 Å². The first-order chi connectivity index (χ1) is 9.69. The number of aliphatic hydroxyl groups excluding tert-OH is 1. The van der Waals surface area contributed by atoms with Gasteiger partial charge < -0.3 is 15.2 Å². The van der Waals surface area contributed by atoms with Gasteiger partial charge in [-0.2, -0.15) is 0 Å². The highest BCUT2D eigenvalue weighted by atomic mass is 19.1. The topological polar surface area (TPSA) is 41.5 Å². The van der Waals surface area contributed by atoms with Crippen LogP contribution in [0.5, 0.6) is 5.75 Å². The van der Waals surface area contributed by atoms with Crippen LogP contribution in [-0.4, -0.2) is 18.3 Å². The Morgan fingerprint density at radius 1 is 1.10 bits per heavy atom. The van der Waals surface area contributed by atoms with E-state index in [1.807, 2.05) is 31.2 Å². The number of hydrogen-bond acceptors (Lipinski definition) is 3. The molecule has 2 N–H and O–H groups in total. The molecule has 0 aliphatic heterocycles. The molecule has 4 heteroatoms. The van der Waals surface area contributed by atoms with Crippen LogP contribution in [0.2, 0.25) is 0 Å². The molecule has 0 saturated carbocycles. The van der Waals surface area contributed by atoms with Crippen LogP contribution >= 0.6 is 0 Å². The summed E-state index contributed by atoms with van der Waals surface area (Å²) in [6.45, 7) is 2.93. The summed E-state index contributed by atoms with van der Waals surface area (Å²) < 4.78 is 18.1. The molecule has 0 saturated heterocycles. The van der Waals surface area contributed by atoms with Gasteiger partial charge in [0.15, 0.2) is 0 Å². The van der Waals surface area contributed by atoms with Gasteiger partial charge in [0, 0.05) is 12.2 Å². The average Bonchev–Trinajstić information content (AvgIpc) is 2.47. The van der Waals surface area contributed by atoms with Crippen LogP contribution in [0.25, 0.3) is 0 Å². The largest absolute Gasteiger partial charge is 0.494 e. The number of anilines is 1. The molecule has 2 rings (SSSR count). The third-order valence-corrected chi connectivity index (χ3v) is 2.92. The summed E-state index contributed by atoms with van der Waals surface area (Å²) in [6.07, 6.45) is -0.679. The van der Waals surface area contributed by atoms with Crippen molar-refractivity contribution in [3.8, 4) is 5.75 Å². The van der Waals surface area contributed by atoms with Crippen LogP contribution in [0.3, 0.4) is 0 Å². The Labute approximate surface area is 118 Å². The summed E-state index contributed by atoms with van der Waals surface area (Å²) in [5.41, 5.74) is 1.58. The first-order valence-corrected chi connectivity index (χ1v) is 6.59. The van der Waals surface area contributed by atoms with Crippen LogP contribution in [0.15, 0.2) is 48.5 Å². The lowest BCUT2D eigenvalue weighted by atomic mass is 10.1. The van der Waals surface area contributed by atoms with Gasteiger partial charge in [-0.25, -0.2) is 4.39 Å². The normalized spacial score (nSPS) is 11.9. The number of benzene rings is 2. The maximum atomic E-state index is 12.8. The highest BCUT2D eigenvalue weighted by Gasteiger charge is 2.07. The second kappa shape index (κ2) is 6.91.